The molecule has 3 aromatic rings. The van der Waals surface area contributed by atoms with E-state index in [9.17, 15) is 14.4 Å². The van der Waals surface area contributed by atoms with Crippen molar-refractivity contribution in [1.82, 2.24) is 10.1 Å². The van der Waals surface area contributed by atoms with E-state index in [4.69, 9.17) is 4.74 Å². The van der Waals surface area contributed by atoms with E-state index < -0.39 is 12.1 Å². The lowest BCUT2D eigenvalue weighted by molar-refractivity contribution is -0.763. The van der Waals surface area contributed by atoms with E-state index in [0.29, 0.717) is 33.2 Å². The van der Waals surface area contributed by atoms with Crippen LogP contribution in [-0.4, -0.2) is 35.3 Å². The molecule has 1 N–H and O–H groups in total. The Morgan fingerprint density at radius 2 is 1.90 bits per heavy atom. The lowest BCUT2D eigenvalue weighted by atomic mass is 10.0. The number of nitrogens with one attached hydrogen (secondary N) is 1. The molecule has 4 rings (SSSR count). The Bertz CT molecular complexity index is 1220. The molecule has 9 heteroatoms. The number of anilines is 1. The molecule has 31 heavy (non-hydrogen) atoms. The molecule has 2 aromatic carbocycles. The first-order valence-corrected chi connectivity index (χ1v) is 10.9. The third-order valence-electron chi connectivity index (χ3n) is 5.15. The third-order valence-corrected chi connectivity index (χ3v) is 5.72. The van der Waals surface area contributed by atoms with Crippen LogP contribution in [0, 0.1) is 0 Å². The van der Waals surface area contributed by atoms with Gasteiger partial charge in [0, 0.05) is 17.1 Å². The number of carbonyl (C=O) groups is 2. The van der Waals surface area contributed by atoms with Crippen molar-refractivity contribution >= 4 is 29.3 Å². The van der Waals surface area contributed by atoms with Crippen LogP contribution in [0.5, 0.6) is 0 Å². The molecule has 8 nitrogen and oxygen atoms in total. The normalized spacial score (nSPS) is 14.5. The minimum atomic E-state index is -0.683. The minimum Gasteiger partial charge on any atom is -0.465 e. The van der Waals surface area contributed by atoms with E-state index in [2.05, 4.69) is 10.1 Å². The zero-order valence-corrected chi connectivity index (χ0v) is 18.1. The molecule has 0 fully saturated rings. The van der Waals surface area contributed by atoms with Crippen LogP contribution < -0.4 is 15.1 Å². The van der Waals surface area contributed by atoms with Gasteiger partial charge in [0.05, 0.1) is 23.9 Å². The maximum Gasteiger partial charge on any atom is 0.337 e. The van der Waals surface area contributed by atoms with Gasteiger partial charge in [-0.1, -0.05) is 30.8 Å². The number of H-pyrrole nitrogens is 1. The molecule has 0 saturated heterocycles. The average molecular weight is 438 g/mol. The highest BCUT2D eigenvalue weighted by Gasteiger charge is 2.45. The van der Waals surface area contributed by atoms with E-state index >= 15 is 0 Å². The number of aromatic nitrogens is 3. The molecular weight excluding hydrogens is 416 g/mol. The number of hydrogen-bond acceptors (Lipinski definition) is 6. The standard InChI is InChI=1S/C22H20N4O4S/c1-4-17(27)25-16-8-6-5-7-15(16)18-19(28)23-22(31-3)24-26(18)20(25)13-9-11-14(12-10-13)21(29)30-2/h5-12,20H,4H2,1-3H3/p+1. The number of esters is 1. The summed E-state index contributed by atoms with van der Waals surface area (Å²) in [5.74, 6) is -0.560. The number of fused-ring (bicyclic) bond motifs is 3. The summed E-state index contributed by atoms with van der Waals surface area (Å²) in [6, 6.07) is 14.1. The van der Waals surface area contributed by atoms with Gasteiger partial charge in [0.15, 0.2) is 0 Å². The lowest BCUT2D eigenvalue weighted by Gasteiger charge is -2.32. The van der Waals surface area contributed by atoms with Crippen LogP contribution in [0.25, 0.3) is 11.3 Å². The van der Waals surface area contributed by atoms with Gasteiger partial charge in [0.1, 0.15) is 0 Å². The predicted molar refractivity (Wildman–Crippen MR) is 116 cm³/mol. The maximum absolute atomic E-state index is 13.1. The van der Waals surface area contributed by atoms with E-state index in [-0.39, 0.29) is 17.9 Å². The molecule has 2 heterocycles. The first-order chi connectivity index (χ1) is 15.0. The van der Waals surface area contributed by atoms with Crippen molar-refractivity contribution < 1.29 is 19.0 Å². The Labute approximate surface area is 182 Å². The summed E-state index contributed by atoms with van der Waals surface area (Å²) in [6.45, 7) is 1.79. The summed E-state index contributed by atoms with van der Waals surface area (Å²) >= 11 is 1.31. The highest BCUT2D eigenvalue weighted by Crippen LogP contribution is 2.37. The van der Waals surface area contributed by atoms with Gasteiger partial charge in [-0.05, 0) is 47.3 Å². The third kappa shape index (κ3) is 3.50. The van der Waals surface area contributed by atoms with Crippen LogP contribution in [0.3, 0.4) is 0 Å². The molecule has 1 aromatic heterocycles. The fourth-order valence-corrected chi connectivity index (χ4v) is 4.08. The molecule has 1 amide bonds. The van der Waals surface area contributed by atoms with Gasteiger partial charge in [-0.2, -0.15) is 0 Å². The Morgan fingerprint density at radius 1 is 1.19 bits per heavy atom. The fourth-order valence-electron chi connectivity index (χ4n) is 3.71. The number of benzene rings is 2. The summed E-state index contributed by atoms with van der Waals surface area (Å²) in [5.41, 5.74) is 2.46. The molecule has 0 radical (unpaired) electrons. The Balaban J connectivity index is 2.00. The van der Waals surface area contributed by atoms with Gasteiger partial charge < -0.3 is 4.74 Å². The van der Waals surface area contributed by atoms with Crippen molar-refractivity contribution in [1.29, 1.82) is 0 Å². The highest BCUT2D eigenvalue weighted by atomic mass is 32.2. The first-order valence-electron chi connectivity index (χ1n) is 9.70. The summed E-state index contributed by atoms with van der Waals surface area (Å²) in [7, 11) is 1.32. The number of amides is 1. The van der Waals surface area contributed by atoms with Crippen LogP contribution in [0.15, 0.2) is 58.5 Å². The van der Waals surface area contributed by atoms with Crippen molar-refractivity contribution in [2.24, 2.45) is 0 Å². The smallest absolute Gasteiger partial charge is 0.337 e. The van der Waals surface area contributed by atoms with E-state index in [1.165, 1.54) is 18.9 Å². The molecule has 158 valence electrons. The lowest BCUT2D eigenvalue weighted by Crippen LogP contribution is -2.60. The van der Waals surface area contributed by atoms with Gasteiger partial charge in [-0.15, -0.1) is 0 Å². The Morgan fingerprint density at radius 3 is 2.55 bits per heavy atom. The van der Waals surface area contributed by atoms with Crippen molar-refractivity contribution in [2.45, 2.75) is 24.7 Å². The summed E-state index contributed by atoms with van der Waals surface area (Å²) < 4.78 is 6.37. The van der Waals surface area contributed by atoms with Crippen molar-refractivity contribution in [3.8, 4) is 11.3 Å². The maximum atomic E-state index is 13.1. The Kier molecular flexibility index (Phi) is 5.60. The topological polar surface area (TPSA) is 96.2 Å². The molecule has 0 spiro atoms. The SMILES string of the molecule is CCC(=O)N1c2ccccc2-c2c(=O)[nH]c(SC)n[n+]2C1c1ccc(C(=O)OC)cc1. The van der Waals surface area contributed by atoms with Crippen LogP contribution >= 0.6 is 11.8 Å². The number of thioether (sulfide) groups is 1. The molecule has 1 aliphatic heterocycles. The second-order valence-electron chi connectivity index (χ2n) is 6.88. The van der Waals surface area contributed by atoms with Crippen molar-refractivity contribution in [3.63, 3.8) is 0 Å². The quantitative estimate of drug-likeness (QED) is 0.383. The van der Waals surface area contributed by atoms with Gasteiger partial charge >= 0.3 is 17.2 Å². The molecule has 0 saturated carbocycles. The minimum absolute atomic E-state index is 0.111. The summed E-state index contributed by atoms with van der Waals surface area (Å²) in [5, 5.41) is 5.07. The number of methoxy groups -OCH3 is 1. The van der Waals surface area contributed by atoms with Crippen molar-refractivity contribution in [2.75, 3.05) is 18.3 Å². The number of carbonyl (C=O) groups excluding carboxylic acids is 2. The van der Waals surface area contributed by atoms with Crippen LogP contribution in [-0.2, 0) is 9.53 Å². The monoisotopic (exact) mass is 437 g/mol. The average Bonchev–Trinajstić information content (AvgIpc) is 2.81. The fraction of sp³-hybridized carbons (Fsp3) is 0.227. The number of nitrogens with zero attached hydrogens (tertiary/aromatic N) is 3. The van der Waals surface area contributed by atoms with Gasteiger partial charge in [0.25, 0.3) is 6.17 Å². The number of para-hydroxylation sites is 1. The molecule has 0 aliphatic carbocycles. The number of ether oxygens (including phenoxy) is 1. The molecule has 0 bridgehead atoms. The number of hydrogen-bond donors (Lipinski definition) is 1. The summed E-state index contributed by atoms with van der Waals surface area (Å²) in [6.07, 6.45) is 1.41. The molecule has 1 aliphatic rings. The van der Waals surface area contributed by atoms with Crippen LogP contribution in [0.1, 0.15) is 35.4 Å². The van der Waals surface area contributed by atoms with E-state index in [1.807, 2.05) is 30.5 Å². The zero-order valence-electron chi connectivity index (χ0n) is 17.3. The van der Waals surface area contributed by atoms with Gasteiger partial charge in [-0.25, -0.2) is 9.69 Å². The van der Waals surface area contributed by atoms with Crippen LogP contribution in [0.4, 0.5) is 5.69 Å². The first kappa shape index (κ1) is 20.8. The second kappa shape index (κ2) is 8.35. The van der Waals surface area contributed by atoms with Gasteiger partial charge in [-0.3, -0.25) is 14.6 Å². The van der Waals surface area contributed by atoms with Crippen molar-refractivity contribution in [3.05, 3.63) is 70.0 Å². The van der Waals surface area contributed by atoms with E-state index in [1.54, 1.807) is 40.8 Å². The highest BCUT2D eigenvalue weighted by molar-refractivity contribution is 7.98. The molecule has 1 atom stereocenters. The van der Waals surface area contributed by atoms with E-state index in [0.717, 1.165) is 0 Å². The van der Waals surface area contributed by atoms with Crippen LogP contribution in [0.2, 0.25) is 0 Å². The zero-order chi connectivity index (χ0) is 22.1. The number of rotatable bonds is 4. The second-order valence-corrected chi connectivity index (χ2v) is 7.67. The molecular formula is C22H21N4O4S+. The molecule has 1 unspecified atom stereocenters. The van der Waals surface area contributed by atoms with Gasteiger partial charge in [0.2, 0.25) is 11.1 Å². The summed E-state index contributed by atoms with van der Waals surface area (Å²) in [4.78, 5) is 42.4. The Hall–Kier alpha value is -3.46. The predicted octanol–water partition coefficient (Wildman–Crippen LogP) is 2.54. The number of aromatic amines is 1. The largest absolute Gasteiger partial charge is 0.465 e.